The lowest BCUT2D eigenvalue weighted by molar-refractivity contribution is 0.401. The summed E-state index contributed by atoms with van der Waals surface area (Å²) in [5.41, 5.74) is 1.05. The monoisotopic (exact) mass is 234 g/mol. The zero-order valence-corrected chi connectivity index (χ0v) is 10.3. The van der Waals surface area contributed by atoms with Gasteiger partial charge in [-0.05, 0) is 23.3 Å². The molecule has 0 saturated heterocycles. The molecular weight excluding hydrogens is 214 g/mol. The van der Waals surface area contributed by atoms with E-state index in [2.05, 4.69) is 0 Å². The standard InChI is InChI=1S/C14H20BFO/c1-11(15(17)13-3-2-4-13)5-6-12-7-9-14(16)10-8-12/h5-9,11,13-14,17H,2-4,10H2,1H3/t11?,14-/m0/s1. The molecule has 0 amide bonds. The predicted molar refractivity (Wildman–Crippen MR) is 70.9 cm³/mol. The van der Waals surface area contributed by atoms with E-state index in [4.69, 9.17) is 0 Å². The summed E-state index contributed by atoms with van der Waals surface area (Å²) in [5, 5.41) is 10.1. The van der Waals surface area contributed by atoms with E-state index in [1.165, 1.54) is 6.42 Å². The van der Waals surface area contributed by atoms with Crippen molar-refractivity contribution < 1.29 is 9.41 Å². The molecule has 0 aromatic carbocycles. The molecule has 0 heterocycles. The molecule has 1 saturated carbocycles. The molecule has 1 fully saturated rings. The number of halogens is 1. The highest BCUT2D eigenvalue weighted by Crippen LogP contribution is 2.38. The lowest BCUT2D eigenvalue weighted by Gasteiger charge is -2.30. The molecule has 0 spiro atoms. The van der Waals surface area contributed by atoms with Crippen LogP contribution in [0.5, 0.6) is 0 Å². The Hall–Kier alpha value is -0.825. The van der Waals surface area contributed by atoms with Crippen LogP contribution in [0.15, 0.2) is 36.0 Å². The topological polar surface area (TPSA) is 20.2 Å². The zero-order valence-electron chi connectivity index (χ0n) is 10.3. The average Bonchev–Trinajstić information content (AvgIpc) is 2.25. The third kappa shape index (κ3) is 3.32. The quantitative estimate of drug-likeness (QED) is 0.735. The number of rotatable bonds is 4. The van der Waals surface area contributed by atoms with Crippen molar-refractivity contribution in [3.05, 3.63) is 36.0 Å². The van der Waals surface area contributed by atoms with Crippen molar-refractivity contribution in [2.24, 2.45) is 0 Å². The van der Waals surface area contributed by atoms with Gasteiger partial charge in [0, 0.05) is 6.42 Å². The zero-order chi connectivity index (χ0) is 12.3. The maximum absolute atomic E-state index is 12.8. The Bertz CT molecular complexity index is 344. The molecule has 2 rings (SSSR count). The molecule has 2 aliphatic carbocycles. The van der Waals surface area contributed by atoms with Gasteiger partial charge in [0.15, 0.2) is 0 Å². The van der Waals surface area contributed by atoms with Crippen molar-refractivity contribution >= 4 is 6.92 Å². The Morgan fingerprint density at radius 3 is 2.82 bits per heavy atom. The van der Waals surface area contributed by atoms with Gasteiger partial charge in [0.2, 0.25) is 0 Å². The Balaban J connectivity index is 1.85. The minimum Gasteiger partial charge on any atom is -0.450 e. The van der Waals surface area contributed by atoms with Gasteiger partial charge in [0.25, 0.3) is 6.92 Å². The van der Waals surface area contributed by atoms with Crippen LogP contribution in [0.1, 0.15) is 32.6 Å². The van der Waals surface area contributed by atoms with Gasteiger partial charge in [0.1, 0.15) is 6.17 Å². The van der Waals surface area contributed by atoms with E-state index in [9.17, 15) is 9.41 Å². The minimum atomic E-state index is -0.829. The second kappa shape index (κ2) is 5.68. The Labute approximate surface area is 103 Å². The van der Waals surface area contributed by atoms with Crippen molar-refractivity contribution in [1.82, 2.24) is 0 Å². The molecule has 0 aromatic heterocycles. The number of alkyl halides is 1. The molecule has 2 atom stereocenters. The highest BCUT2D eigenvalue weighted by Gasteiger charge is 2.32. The Morgan fingerprint density at radius 2 is 2.29 bits per heavy atom. The summed E-state index contributed by atoms with van der Waals surface area (Å²) >= 11 is 0. The van der Waals surface area contributed by atoms with Gasteiger partial charge in [-0.25, -0.2) is 4.39 Å². The SMILES string of the molecule is CC(C=CC1=CC[C@@H](F)C=C1)B(O)C1CCC1. The first-order chi connectivity index (χ1) is 8.16. The van der Waals surface area contributed by atoms with E-state index in [0.29, 0.717) is 12.2 Å². The van der Waals surface area contributed by atoms with Gasteiger partial charge in [-0.3, -0.25) is 0 Å². The van der Waals surface area contributed by atoms with E-state index in [-0.39, 0.29) is 12.7 Å². The fraction of sp³-hybridized carbons (Fsp3) is 0.571. The van der Waals surface area contributed by atoms with Crippen LogP contribution < -0.4 is 0 Å². The largest absolute Gasteiger partial charge is 0.450 e. The predicted octanol–water partition coefficient (Wildman–Crippen LogP) is 3.70. The third-order valence-electron chi connectivity index (χ3n) is 3.84. The summed E-state index contributed by atoms with van der Waals surface area (Å²) < 4.78 is 12.8. The molecule has 3 heteroatoms. The van der Waals surface area contributed by atoms with Crippen molar-refractivity contribution in [2.45, 2.75) is 50.4 Å². The first-order valence-electron chi connectivity index (χ1n) is 6.55. The fourth-order valence-corrected chi connectivity index (χ4v) is 2.32. The van der Waals surface area contributed by atoms with Crippen molar-refractivity contribution in [1.29, 1.82) is 0 Å². The molecule has 1 unspecified atom stereocenters. The lowest BCUT2D eigenvalue weighted by atomic mass is 9.42. The second-order valence-corrected chi connectivity index (χ2v) is 5.21. The van der Waals surface area contributed by atoms with Gasteiger partial charge in [0.05, 0.1) is 0 Å². The molecule has 0 aromatic rings. The number of allylic oxidation sites excluding steroid dienone is 6. The minimum absolute atomic E-state index is 0.178. The molecular formula is C14H20BFO. The van der Waals surface area contributed by atoms with E-state index in [0.717, 1.165) is 18.4 Å². The Morgan fingerprint density at radius 1 is 1.53 bits per heavy atom. The summed E-state index contributed by atoms with van der Waals surface area (Å²) in [6, 6.07) is 0. The van der Waals surface area contributed by atoms with E-state index < -0.39 is 6.17 Å². The smallest absolute Gasteiger partial charge is 0.298 e. The summed E-state index contributed by atoms with van der Waals surface area (Å²) in [6.07, 6.45) is 12.6. The molecule has 17 heavy (non-hydrogen) atoms. The van der Waals surface area contributed by atoms with Gasteiger partial charge < -0.3 is 5.02 Å². The molecule has 92 valence electrons. The number of hydrogen-bond acceptors (Lipinski definition) is 1. The maximum Gasteiger partial charge on any atom is 0.298 e. The van der Waals surface area contributed by atoms with Gasteiger partial charge >= 0.3 is 0 Å². The van der Waals surface area contributed by atoms with Gasteiger partial charge in [-0.1, -0.05) is 50.5 Å². The summed E-state index contributed by atoms with van der Waals surface area (Å²) in [5.74, 6) is 0.665. The lowest BCUT2D eigenvalue weighted by Crippen LogP contribution is -2.29. The normalized spacial score (nSPS) is 26.8. The van der Waals surface area contributed by atoms with Gasteiger partial charge in [-0.2, -0.15) is 0 Å². The van der Waals surface area contributed by atoms with Crippen LogP contribution >= 0.6 is 0 Å². The summed E-state index contributed by atoms with van der Waals surface area (Å²) in [7, 11) is 0. The molecule has 0 radical (unpaired) electrons. The second-order valence-electron chi connectivity index (χ2n) is 5.21. The first kappa shape index (κ1) is 12.6. The number of hydrogen-bond donors (Lipinski definition) is 1. The fourth-order valence-electron chi connectivity index (χ4n) is 2.32. The van der Waals surface area contributed by atoms with Crippen LogP contribution in [0.2, 0.25) is 11.6 Å². The van der Waals surface area contributed by atoms with Crippen LogP contribution in [0.4, 0.5) is 4.39 Å². The van der Waals surface area contributed by atoms with E-state index in [1.54, 1.807) is 6.08 Å². The van der Waals surface area contributed by atoms with Crippen LogP contribution in [0, 0.1) is 0 Å². The molecule has 2 aliphatic rings. The van der Waals surface area contributed by atoms with Gasteiger partial charge in [-0.15, -0.1) is 0 Å². The highest BCUT2D eigenvalue weighted by molar-refractivity contribution is 6.54. The molecule has 1 nitrogen and oxygen atoms in total. The average molecular weight is 234 g/mol. The van der Waals surface area contributed by atoms with Crippen LogP contribution in [0.25, 0.3) is 0 Å². The molecule has 0 aliphatic heterocycles. The van der Waals surface area contributed by atoms with Crippen molar-refractivity contribution in [3.63, 3.8) is 0 Å². The molecule has 1 N–H and O–H groups in total. The van der Waals surface area contributed by atoms with Crippen molar-refractivity contribution in [2.75, 3.05) is 0 Å². The highest BCUT2D eigenvalue weighted by atomic mass is 19.1. The first-order valence-corrected chi connectivity index (χ1v) is 6.55. The third-order valence-corrected chi connectivity index (χ3v) is 3.84. The van der Waals surface area contributed by atoms with Crippen molar-refractivity contribution in [3.8, 4) is 0 Å². The molecule has 0 bridgehead atoms. The van der Waals surface area contributed by atoms with Crippen LogP contribution in [-0.2, 0) is 0 Å². The van der Waals surface area contributed by atoms with E-state index in [1.807, 2.05) is 31.2 Å². The summed E-state index contributed by atoms with van der Waals surface area (Å²) in [4.78, 5) is 0. The summed E-state index contributed by atoms with van der Waals surface area (Å²) in [6.45, 7) is 1.83. The Kier molecular flexibility index (Phi) is 4.22. The van der Waals surface area contributed by atoms with Crippen LogP contribution in [0.3, 0.4) is 0 Å². The maximum atomic E-state index is 12.8. The van der Waals surface area contributed by atoms with E-state index >= 15 is 0 Å². The van der Waals surface area contributed by atoms with Crippen LogP contribution in [-0.4, -0.2) is 18.1 Å².